The van der Waals surface area contributed by atoms with Crippen LogP contribution >= 0.6 is 0 Å². The fourth-order valence-electron chi connectivity index (χ4n) is 8.34. The molecule has 1 aromatic heterocycles. The smallest absolute Gasteiger partial charge is 0.266 e. The lowest BCUT2D eigenvalue weighted by Gasteiger charge is -2.57. The number of hydrogen-bond acceptors (Lipinski definition) is 3. The Morgan fingerprint density at radius 3 is 2.67 bits per heavy atom. The standard InChI is InChI=1S/C25H34F2O3/c1-24-10-8-18-17-9-11-25(29,23(26)27)14-15(17)4-5-19(18)20(24)6-7-21(24)22(28)13-16-3-2-12-30-16/h2-3,12,15,17-21,23,29H,4-11,13-14H2,1H3/t15-,17+,18-,19-,20+,21-,24+,25-/m1/s1. The Morgan fingerprint density at radius 1 is 1.13 bits per heavy atom. The topological polar surface area (TPSA) is 50.4 Å². The lowest BCUT2D eigenvalue weighted by Crippen LogP contribution is -2.53. The molecule has 0 spiro atoms. The summed E-state index contributed by atoms with van der Waals surface area (Å²) in [7, 11) is 0. The van der Waals surface area contributed by atoms with Crippen molar-refractivity contribution in [2.75, 3.05) is 0 Å². The van der Waals surface area contributed by atoms with Crippen molar-refractivity contribution in [3.8, 4) is 0 Å². The number of furan rings is 1. The molecular weight excluding hydrogens is 386 g/mol. The highest BCUT2D eigenvalue weighted by Gasteiger charge is 2.59. The Labute approximate surface area is 177 Å². The van der Waals surface area contributed by atoms with Gasteiger partial charge < -0.3 is 9.52 Å². The normalized spacial score (nSPS) is 45.6. The van der Waals surface area contributed by atoms with E-state index in [0.717, 1.165) is 50.7 Å². The first kappa shape index (κ1) is 20.7. The summed E-state index contributed by atoms with van der Waals surface area (Å²) in [5, 5.41) is 10.4. The molecule has 5 rings (SSSR count). The SMILES string of the molecule is C[C@]12CC[C@H]3[C@@H](CC[C@@H]4C[C@@](O)(C(F)F)CC[C@@H]43)[C@@H]1CC[C@@H]2C(=O)Cc1ccco1. The second kappa shape index (κ2) is 7.43. The first-order chi connectivity index (χ1) is 14.3. The van der Waals surface area contributed by atoms with Crippen LogP contribution in [0.4, 0.5) is 8.78 Å². The van der Waals surface area contributed by atoms with E-state index >= 15 is 0 Å². The second-order valence-electron chi connectivity index (χ2n) is 11.0. The summed E-state index contributed by atoms with van der Waals surface area (Å²) in [4.78, 5) is 13.1. The van der Waals surface area contributed by atoms with Crippen LogP contribution in [0.25, 0.3) is 0 Å². The molecule has 5 heteroatoms. The monoisotopic (exact) mass is 420 g/mol. The summed E-state index contributed by atoms with van der Waals surface area (Å²) in [6, 6.07) is 3.72. The molecule has 8 atom stereocenters. The average Bonchev–Trinajstić information content (AvgIpc) is 3.34. The quantitative estimate of drug-likeness (QED) is 0.684. The highest BCUT2D eigenvalue weighted by Crippen LogP contribution is 2.65. The first-order valence-corrected chi connectivity index (χ1v) is 11.9. The summed E-state index contributed by atoms with van der Waals surface area (Å²) in [5.41, 5.74) is -1.70. The molecule has 0 saturated heterocycles. The van der Waals surface area contributed by atoms with Gasteiger partial charge in [-0.25, -0.2) is 8.78 Å². The van der Waals surface area contributed by atoms with E-state index in [-0.39, 0.29) is 30.1 Å². The molecule has 0 unspecified atom stereocenters. The number of carbonyl (C=O) groups excluding carboxylic acids is 1. The number of carbonyl (C=O) groups is 1. The number of alkyl halides is 2. The zero-order chi connectivity index (χ0) is 21.1. The largest absolute Gasteiger partial charge is 0.469 e. The van der Waals surface area contributed by atoms with Gasteiger partial charge in [0.15, 0.2) is 0 Å². The molecule has 0 bridgehead atoms. The number of aliphatic hydroxyl groups is 1. The van der Waals surface area contributed by atoms with Crippen LogP contribution in [-0.2, 0) is 11.2 Å². The van der Waals surface area contributed by atoms with Crippen molar-refractivity contribution in [1.82, 2.24) is 0 Å². The van der Waals surface area contributed by atoms with Crippen LogP contribution in [0.2, 0.25) is 0 Å². The van der Waals surface area contributed by atoms with E-state index in [1.807, 2.05) is 12.1 Å². The minimum Gasteiger partial charge on any atom is -0.469 e. The van der Waals surface area contributed by atoms with Gasteiger partial charge in [-0.2, -0.15) is 0 Å². The van der Waals surface area contributed by atoms with E-state index in [9.17, 15) is 18.7 Å². The van der Waals surface area contributed by atoms with E-state index in [1.54, 1.807) is 6.26 Å². The molecule has 30 heavy (non-hydrogen) atoms. The maximum Gasteiger partial charge on any atom is 0.266 e. The van der Waals surface area contributed by atoms with Crippen LogP contribution in [0.5, 0.6) is 0 Å². The summed E-state index contributed by atoms with van der Waals surface area (Å²) in [6.07, 6.45) is 6.92. The summed E-state index contributed by atoms with van der Waals surface area (Å²) in [6.45, 7) is 2.34. The fourth-order valence-corrected chi connectivity index (χ4v) is 8.34. The molecule has 0 aliphatic heterocycles. The highest BCUT2D eigenvalue weighted by molar-refractivity contribution is 5.84. The van der Waals surface area contributed by atoms with Crippen molar-refractivity contribution < 1.29 is 23.1 Å². The zero-order valence-electron chi connectivity index (χ0n) is 17.9. The molecule has 0 aromatic carbocycles. The van der Waals surface area contributed by atoms with E-state index in [1.165, 1.54) is 0 Å². The Morgan fingerprint density at radius 2 is 1.93 bits per heavy atom. The number of Topliss-reactive ketones (excluding diaryl/α,β-unsaturated/α-hetero) is 1. The first-order valence-electron chi connectivity index (χ1n) is 11.9. The third kappa shape index (κ3) is 3.18. The average molecular weight is 421 g/mol. The molecule has 3 nitrogen and oxygen atoms in total. The van der Waals surface area contributed by atoms with Gasteiger partial charge in [0, 0.05) is 5.92 Å². The van der Waals surface area contributed by atoms with E-state index < -0.39 is 12.0 Å². The van der Waals surface area contributed by atoms with Gasteiger partial charge in [0.25, 0.3) is 6.43 Å². The Kier molecular flexibility index (Phi) is 5.11. The van der Waals surface area contributed by atoms with Gasteiger partial charge in [-0.3, -0.25) is 4.79 Å². The van der Waals surface area contributed by atoms with Crippen LogP contribution in [-0.4, -0.2) is 22.9 Å². The second-order valence-corrected chi connectivity index (χ2v) is 11.0. The van der Waals surface area contributed by atoms with Crippen molar-refractivity contribution >= 4 is 5.78 Å². The van der Waals surface area contributed by atoms with E-state index in [2.05, 4.69) is 6.92 Å². The predicted molar refractivity (Wildman–Crippen MR) is 109 cm³/mol. The maximum absolute atomic E-state index is 13.4. The number of halogens is 2. The number of fused-ring (bicyclic) bond motifs is 5. The zero-order valence-corrected chi connectivity index (χ0v) is 17.9. The maximum atomic E-state index is 13.4. The van der Waals surface area contributed by atoms with Crippen molar-refractivity contribution in [1.29, 1.82) is 0 Å². The van der Waals surface area contributed by atoms with Gasteiger partial charge in [0.1, 0.15) is 17.1 Å². The molecule has 4 fully saturated rings. The van der Waals surface area contributed by atoms with Crippen LogP contribution < -0.4 is 0 Å². The van der Waals surface area contributed by atoms with Gasteiger partial charge in [-0.1, -0.05) is 6.92 Å². The molecular formula is C25H34F2O3. The number of hydrogen-bond donors (Lipinski definition) is 1. The third-order valence-corrected chi connectivity index (χ3v) is 9.77. The number of ketones is 1. The molecule has 4 aliphatic carbocycles. The van der Waals surface area contributed by atoms with Crippen molar-refractivity contribution in [3.63, 3.8) is 0 Å². The lowest BCUT2D eigenvalue weighted by molar-refractivity contribution is -0.160. The molecule has 0 radical (unpaired) electrons. The minimum atomic E-state index is -2.64. The van der Waals surface area contributed by atoms with Gasteiger partial charge in [0.05, 0.1) is 12.7 Å². The van der Waals surface area contributed by atoms with E-state index in [4.69, 9.17) is 4.42 Å². The van der Waals surface area contributed by atoms with Crippen LogP contribution in [0.3, 0.4) is 0 Å². The molecule has 4 saturated carbocycles. The predicted octanol–water partition coefficient (Wildman–Crippen LogP) is 5.66. The molecule has 1 heterocycles. The molecule has 166 valence electrons. The third-order valence-electron chi connectivity index (χ3n) is 9.77. The van der Waals surface area contributed by atoms with Gasteiger partial charge in [-0.15, -0.1) is 0 Å². The van der Waals surface area contributed by atoms with Gasteiger partial charge in [0.2, 0.25) is 0 Å². The molecule has 0 amide bonds. The Hall–Kier alpha value is -1.23. The van der Waals surface area contributed by atoms with Crippen LogP contribution in [0, 0.1) is 40.9 Å². The summed E-state index contributed by atoms with van der Waals surface area (Å²) < 4.78 is 32.2. The van der Waals surface area contributed by atoms with E-state index in [0.29, 0.717) is 35.9 Å². The summed E-state index contributed by atoms with van der Waals surface area (Å²) in [5.74, 6) is 3.68. The van der Waals surface area contributed by atoms with Crippen molar-refractivity contribution in [2.45, 2.75) is 83.2 Å². The molecule has 1 N–H and O–H groups in total. The highest BCUT2D eigenvalue weighted by atomic mass is 19.3. The Balaban J connectivity index is 1.30. The number of rotatable bonds is 4. The Bertz CT molecular complexity index is 777. The van der Waals surface area contributed by atoms with Gasteiger partial charge >= 0.3 is 0 Å². The summed E-state index contributed by atoms with van der Waals surface area (Å²) >= 11 is 0. The lowest BCUT2D eigenvalue weighted by atomic mass is 9.49. The van der Waals surface area contributed by atoms with Crippen molar-refractivity contribution in [3.05, 3.63) is 24.2 Å². The molecule has 1 aromatic rings. The fraction of sp³-hybridized carbons (Fsp3) is 0.800. The van der Waals surface area contributed by atoms with Crippen molar-refractivity contribution in [2.24, 2.45) is 40.9 Å². The van der Waals surface area contributed by atoms with Crippen LogP contribution in [0.1, 0.15) is 70.5 Å². The van der Waals surface area contributed by atoms with Gasteiger partial charge in [-0.05, 0) is 105 Å². The molecule has 4 aliphatic rings. The van der Waals surface area contributed by atoms with Crippen LogP contribution in [0.15, 0.2) is 22.8 Å². The minimum absolute atomic E-state index is 0.0655.